The Hall–Kier alpha value is -3.03. The number of rotatable bonds is 5. The monoisotopic (exact) mass is 276 g/mol. The van der Waals surface area contributed by atoms with Crippen molar-refractivity contribution in [1.29, 1.82) is 0 Å². The summed E-state index contributed by atoms with van der Waals surface area (Å²) in [5.74, 6) is -1.87. The van der Waals surface area contributed by atoms with Crippen molar-refractivity contribution in [3.05, 3.63) is 30.4 Å². The summed E-state index contributed by atoms with van der Waals surface area (Å²) in [6.07, 6.45) is 5.43. The van der Waals surface area contributed by atoms with Gasteiger partial charge in [0.25, 0.3) is 5.78 Å². The summed E-state index contributed by atoms with van der Waals surface area (Å²) in [6, 6.07) is 0. The highest BCUT2D eigenvalue weighted by molar-refractivity contribution is 6.42. The Morgan fingerprint density at radius 1 is 1.55 bits per heavy atom. The maximum atomic E-state index is 11.7. The van der Waals surface area contributed by atoms with Gasteiger partial charge >= 0.3 is 5.97 Å². The molecule has 2 heterocycles. The summed E-state index contributed by atoms with van der Waals surface area (Å²) >= 11 is 0. The van der Waals surface area contributed by atoms with Crippen molar-refractivity contribution in [2.75, 3.05) is 12.4 Å². The highest BCUT2D eigenvalue weighted by Gasteiger charge is 2.23. The first-order valence-corrected chi connectivity index (χ1v) is 5.55. The van der Waals surface area contributed by atoms with Crippen LogP contribution in [-0.4, -0.2) is 33.9 Å². The van der Waals surface area contributed by atoms with E-state index in [0.717, 1.165) is 0 Å². The van der Waals surface area contributed by atoms with Gasteiger partial charge in [0.05, 0.1) is 29.8 Å². The first kappa shape index (κ1) is 13.4. The van der Waals surface area contributed by atoms with E-state index in [1.807, 2.05) is 0 Å². The van der Waals surface area contributed by atoms with Gasteiger partial charge in [0, 0.05) is 18.6 Å². The van der Waals surface area contributed by atoms with Crippen molar-refractivity contribution in [2.24, 2.45) is 5.73 Å². The Kier molecular flexibility index (Phi) is 3.56. The van der Waals surface area contributed by atoms with Gasteiger partial charge in [-0.05, 0) is 0 Å². The number of nitrogens with one attached hydrogen (secondary N) is 2. The number of nitrogens with zero attached hydrogens (tertiary/aromatic N) is 1. The number of anilines is 1. The van der Waals surface area contributed by atoms with Gasteiger partial charge in [-0.2, -0.15) is 0 Å². The van der Waals surface area contributed by atoms with Crippen molar-refractivity contribution in [2.45, 2.75) is 0 Å². The number of aromatic amines is 1. The van der Waals surface area contributed by atoms with Crippen molar-refractivity contribution >= 4 is 28.5 Å². The van der Waals surface area contributed by atoms with Crippen LogP contribution in [0.1, 0.15) is 10.4 Å². The Labute approximate surface area is 113 Å². The van der Waals surface area contributed by atoms with Crippen LogP contribution in [0.4, 0.5) is 5.82 Å². The highest BCUT2D eigenvalue weighted by atomic mass is 16.5. The molecule has 0 aliphatic rings. The average Bonchev–Trinajstić information content (AvgIpc) is 2.88. The second kappa shape index (κ2) is 5.31. The second-order valence-electron chi connectivity index (χ2n) is 3.77. The van der Waals surface area contributed by atoms with Gasteiger partial charge in [0.1, 0.15) is 5.75 Å². The van der Waals surface area contributed by atoms with E-state index in [4.69, 9.17) is 15.6 Å². The number of fused-ring (bicyclic) bond motifs is 1. The summed E-state index contributed by atoms with van der Waals surface area (Å²) in [5.41, 5.74) is 5.69. The number of carbonyl (C=O) groups excluding carboxylic acids is 1. The number of carboxylic acid groups (broad SMARTS) is 1. The maximum Gasteiger partial charge on any atom is 0.377 e. The lowest BCUT2D eigenvalue weighted by Gasteiger charge is -2.06. The summed E-state index contributed by atoms with van der Waals surface area (Å²) < 4.78 is 5.12. The number of carboxylic acids is 1. The van der Waals surface area contributed by atoms with E-state index in [1.165, 1.54) is 31.9 Å². The predicted molar refractivity (Wildman–Crippen MR) is 71.6 cm³/mol. The van der Waals surface area contributed by atoms with Crippen LogP contribution in [0.3, 0.4) is 0 Å². The molecule has 2 aromatic rings. The van der Waals surface area contributed by atoms with Gasteiger partial charge in [-0.3, -0.25) is 4.79 Å². The van der Waals surface area contributed by atoms with Crippen molar-refractivity contribution in [3.8, 4) is 5.75 Å². The molecule has 2 aromatic heterocycles. The molecule has 0 bridgehead atoms. The first-order valence-electron chi connectivity index (χ1n) is 5.55. The van der Waals surface area contributed by atoms with E-state index in [2.05, 4.69) is 15.3 Å². The van der Waals surface area contributed by atoms with Gasteiger partial charge in [-0.1, -0.05) is 0 Å². The van der Waals surface area contributed by atoms with Crippen LogP contribution < -0.4 is 15.8 Å². The van der Waals surface area contributed by atoms with Crippen molar-refractivity contribution in [3.63, 3.8) is 0 Å². The Morgan fingerprint density at radius 2 is 2.30 bits per heavy atom. The van der Waals surface area contributed by atoms with Crippen molar-refractivity contribution < 1.29 is 19.4 Å². The molecule has 0 unspecified atom stereocenters. The molecule has 0 aliphatic carbocycles. The molecule has 0 radical (unpaired) electrons. The number of pyridine rings is 1. The minimum Gasteiger partial charge on any atom is -0.494 e. The molecule has 2 rings (SSSR count). The van der Waals surface area contributed by atoms with E-state index in [1.54, 1.807) is 0 Å². The molecule has 0 aliphatic heterocycles. The summed E-state index contributed by atoms with van der Waals surface area (Å²) in [6.45, 7) is 0. The number of methoxy groups -OCH3 is 1. The maximum absolute atomic E-state index is 11.7. The molecule has 0 amide bonds. The van der Waals surface area contributed by atoms with Crippen LogP contribution >= 0.6 is 0 Å². The van der Waals surface area contributed by atoms with Gasteiger partial charge in [0.15, 0.2) is 5.82 Å². The molecule has 0 saturated heterocycles. The summed E-state index contributed by atoms with van der Waals surface area (Å²) in [7, 11) is 1.41. The SMILES string of the molecule is COc1cnc(NC=CN)c2[nH]cc(C(=O)C(=O)O)c12. The molecular formula is C12H12N4O4. The lowest BCUT2D eigenvalue weighted by Crippen LogP contribution is -2.12. The lowest BCUT2D eigenvalue weighted by molar-refractivity contribution is -0.131. The van der Waals surface area contributed by atoms with Crippen molar-refractivity contribution in [1.82, 2.24) is 9.97 Å². The van der Waals surface area contributed by atoms with Gasteiger partial charge in [0.2, 0.25) is 0 Å². The van der Waals surface area contributed by atoms with E-state index >= 15 is 0 Å². The van der Waals surface area contributed by atoms with Crippen LogP contribution in [0.15, 0.2) is 24.8 Å². The summed E-state index contributed by atoms with van der Waals surface area (Å²) in [5, 5.41) is 12.0. The standard InChI is InChI=1S/C12H12N4O4/c1-20-7-5-16-11(14-3-2-13)9-8(7)6(4-15-9)10(17)12(18)19/h2-5,15H,13H2,1H3,(H,14,16)(H,18,19). The van der Waals surface area contributed by atoms with Gasteiger partial charge in [-0.25, -0.2) is 9.78 Å². The largest absolute Gasteiger partial charge is 0.494 e. The van der Waals surface area contributed by atoms with E-state index in [-0.39, 0.29) is 5.56 Å². The lowest BCUT2D eigenvalue weighted by atomic mass is 10.1. The smallest absolute Gasteiger partial charge is 0.377 e. The Morgan fingerprint density at radius 3 is 2.90 bits per heavy atom. The van der Waals surface area contributed by atoms with Crippen LogP contribution in [0.5, 0.6) is 5.75 Å². The topological polar surface area (TPSA) is 130 Å². The Bertz CT molecular complexity index is 705. The third kappa shape index (κ3) is 2.14. The fraction of sp³-hybridized carbons (Fsp3) is 0.0833. The fourth-order valence-corrected chi connectivity index (χ4v) is 1.80. The average molecular weight is 276 g/mol. The molecule has 0 fully saturated rings. The molecule has 0 saturated carbocycles. The predicted octanol–water partition coefficient (Wildman–Crippen LogP) is 0.681. The number of hydrogen-bond acceptors (Lipinski definition) is 6. The van der Waals surface area contributed by atoms with E-state index in [0.29, 0.717) is 22.5 Å². The zero-order valence-corrected chi connectivity index (χ0v) is 10.5. The third-order valence-electron chi connectivity index (χ3n) is 2.65. The van der Waals surface area contributed by atoms with E-state index < -0.39 is 11.8 Å². The molecule has 0 atom stereocenters. The minimum atomic E-state index is -1.54. The number of H-pyrrole nitrogens is 1. The number of aliphatic carboxylic acids is 1. The number of ether oxygens (including phenoxy) is 1. The molecule has 8 heteroatoms. The number of carbonyl (C=O) groups is 2. The summed E-state index contributed by atoms with van der Waals surface area (Å²) in [4.78, 5) is 29.4. The third-order valence-corrected chi connectivity index (χ3v) is 2.65. The van der Waals surface area contributed by atoms with Gasteiger partial charge in [-0.15, -0.1) is 0 Å². The number of Topliss-reactive ketones (excluding diaryl/α,β-unsaturated/α-hetero) is 1. The highest BCUT2D eigenvalue weighted by Crippen LogP contribution is 2.32. The zero-order chi connectivity index (χ0) is 14.7. The van der Waals surface area contributed by atoms with Crippen LogP contribution in [-0.2, 0) is 4.79 Å². The van der Waals surface area contributed by atoms with Crippen LogP contribution in [0.25, 0.3) is 10.9 Å². The molecule has 5 N–H and O–H groups in total. The zero-order valence-electron chi connectivity index (χ0n) is 10.5. The first-order chi connectivity index (χ1) is 9.60. The molecule has 104 valence electrons. The van der Waals surface area contributed by atoms with Crippen LogP contribution in [0, 0.1) is 0 Å². The molecular weight excluding hydrogens is 264 g/mol. The van der Waals surface area contributed by atoms with Gasteiger partial charge < -0.3 is 25.9 Å². The molecule has 20 heavy (non-hydrogen) atoms. The normalized spacial score (nSPS) is 10.8. The minimum absolute atomic E-state index is 0.00604. The second-order valence-corrected chi connectivity index (χ2v) is 3.77. The Balaban J connectivity index is 2.68. The number of nitrogens with two attached hydrogens (primary N) is 1. The molecule has 0 aromatic carbocycles. The quantitative estimate of drug-likeness (QED) is 0.466. The fourth-order valence-electron chi connectivity index (χ4n) is 1.80. The number of hydrogen-bond donors (Lipinski definition) is 4. The molecule has 0 spiro atoms. The molecule has 8 nitrogen and oxygen atoms in total. The van der Waals surface area contributed by atoms with Crippen LogP contribution in [0.2, 0.25) is 0 Å². The number of ketones is 1. The number of aromatic nitrogens is 2. The van der Waals surface area contributed by atoms with E-state index in [9.17, 15) is 9.59 Å².